The molecule has 3 aromatic rings. The van der Waals surface area contributed by atoms with E-state index in [9.17, 15) is 4.79 Å². The molecular formula is C16H16N4O2S. The van der Waals surface area contributed by atoms with Crippen LogP contribution in [0.25, 0.3) is 16.7 Å². The zero-order valence-electron chi connectivity index (χ0n) is 12.5. The van der Waals surface area contributed by atoms with Crippen molar-refractivity contribution < 1.29 is 9.53 Å². The molecule has 0 aromatic carbocycles. The van der Waals surface area contributed by atoms with Crippen LogP contribution in [0.4, 0.5) is 0 Å². The SMILES string of the molecule is O=C(CSc1nc2ncccc2n2cccc12)N1CCOCC1. The first kappa shape index (κ1) is 14.5. The molecule has 0 atom stereocenters. The molecule has 0 bridgehead atoms. The standard InChI is InChI=1S/C16H16N4O2S/c21-14(19-7-9-22-10-8-19)11-23-16-13-4-2-6-20(13)12-3-1-5-17-15(12)18-16/h1-6H,7-11H2. The Labute approximate surface area is 137 Å². The van der Waals surface area contributed by atoms with Gasteiger partial charge in [-0.25, -0.2) is 9.97 Å². The highest BCUT2D eigenvalue weighted by Crippen LogP contribution is 2.25. The number of carbonyl (C=O) groups is 1. The van der Waals surface area contributed by atoms with Crippen molar-refractivity contribution in [3.8, 4) is 0 Å². The molecule has 0 unspecified atom stereocenters. The van der Waals surface area contributed by atoms with Gasteiger partial charge in [0.1, 0.15) is 5.03 Å². The van der Waals surface area contributed by atoms with Gasteiger partial charge in [0.15, 0.2) is 5.65 Å². The van der Waals surface area contributed by atoms with E-state index in [1.165, 1.54) is 11.8 Å². The number of fused-ring (bicyclic) bond motifs is 3. The van der Waals surface area contributed by atoms with E-state index in [4.69, 9.17) is 4.74 Å². The molecule has 4 heterocycles. The van der Waals surface area contributed by atoms with Crippen molar-refractivity contribution in [2.24, 2.45) is 0 Å². The largest absolute Gasteiger partial charge is 0.378 e. The Kier molecular flexibility index (Phi) is 3.88. The van der Waals surface area contributed by atoms with Crippen molar-refractivity contribution in [3.63, 3.8) is 0 Å². The van der Waals surface area contributed by atoms with E-state index < -0.39 is 0 Å². The number of pyridine rings is 1. The summed E-state index contributed by atoms with van der Waals surface area (Å²) in [6.07, 6.45) is 3.73. The van der Waals surface area contributed by atoms with Crippen molar-refractivity contribution in [3.05, 3.63) is 36.7 Å². The third kappa shape index (κ3) is 2.77. The summed E-state index contributed by atoms with van der Waals surface area (Å²) in [6.45, 7) is 2.59. The fraction of sp³-hybridized carbons (Fsp3) is 0.312. The summed E-state index contributed by atoms with van der Waals surface area (Å²) in [7, 11) is 0. The van der Waals surface area contributed by atoms with E-state index in [1.807, 2.05) is 35.4 Å². The average Bonchev–Trinajstić information content (AvgIpc) is 3.10. The number of ether oxygens (including phenoxy) is 1. The van der Waals surface area contributed by atoms with Gasteiger partial charge in [0, 0.05) is 25.5 Å². The molecule has 4 rings (SSSR count). The summed E-state index contributed by atoms with van der Waals surface area (Å²) in [5.74, 6) is 0.512. The van der Waals surface area contributed by atoms with Gasteiger partial charge in [0.2, 0.25) is 5.91 Å². The Hall–Kier alpha value is -2.12. The predicted octanol–water partition coefficient (Wildman–Crippen LogP) is 1.83. The molecule has 1 aliphatic heterocycles. The summed E-state index contributed by atoms with van der Waals surface area (Å²) in [5.41, 5.74) is 2.67. The lowest BCUT2D eigenvalue weighted by Crippen LogP contribution is -2.41. The number of morpholine rings is 1. The van der Waals surface area contributed by atoms with Crippen LogP contribution < -0.4 is 0 Å². The maximum absolute atomic E-state index is 12.3. The minimum atomic E-state index is 0.130. The molecule has 6 nitrogen and oxygen atoms in total. The van der Waals surface area contributed by atoms with Crippen molar-refractivity contribution >= 4 is 34.3 Å². The molecule has 1 saturated heterocycles. The molecule has 0 radical (unpaired) electrons. The third-order valence-electron chi connectivity index (χ3n) is 3.90. The maximum atomic E-state index is 12.3. The number of rotatable bonds is 3. The Balaban J connectivity index is 1.60. The van der Waals surface area contributed by atoms with Crippen molar-refractivity contribution in [2.75, 3.05) is 32.1 Å². The average molecular weight is 328 g/mol. The van der Waals surface area contributed by atoms with Gasteiger partial charge in [0.05, 0.1) is 30.0 Å². The summed E-state index contributed by atoms with van der Waals surface area (Å²) in [5, 5.41) is 0.836. The summed E-state index contributed by atoms with van der Waals surface area (Å²) in [4.78, 5) is 23.1. The predicted molar refractivity (Wildman–Crippen MR) is 88.6 cm³/mol. The van der Waals surface area contributed by atoms with E-state index in [0.717, 1.165) is 16.1 Å². The van der Waals surface area contributed by atoms with Gasteiger partial charge in [0.25, 0.3) is 0 Å². The second kappa shape index (κ2) is 6.17. The highest BCUT2D eigenvalue weighted by atomic mass is 32.2. The lowest BCUT2D eigenvalue weighted by atomic mass is 10.4. The molecule has 118 valence electrons. The lowest BCUT2D eigenvalue weighted by molar-refractivity contribution is -0.132. The number of aromatic nitrogens is 3. The topological polar surface area (TPSA) is 59.7 Å². The van der Waals surface area contributed by atoms with Gasteiger partial charge < -0.3 is 14.0 Å². The van der Waals surface area contributed by atoms with E-state index in [-0.39, 0.29) is 5.91 Å². The molecule has 1 aliphatic rings. The van der Waals surface area contributed by atoms with Gasteiger partial charge >= 0.3 is 0 Å². The fourth-order valence-corrected chi connectivity index (χ4v) is 3.63. The molecular weight excluding hydrogens is 312 g/mol. The smallest absolute Gasteiger partial charge is 0.233 e. The molecule has 3 aromatic heterocycles. The van der Waals surface area contributed by atoms with Crippen LogP contribution in [-0.4, -0.2) is 57.2 Å². The van der Waals surface area contributed by atoms with Crippen LogP contribution in [-0.2, 0) is 9.53 Å². The van der Waals surface area contributed by atoms with Crippen LogP contribution in [0.2, 0.25) is 0 Å². The summed E-state index contributed by atoms with van der Waals surface area (Å²) in [6, 6.07) is 7.90. The molecule has 0 saturated carbocycles. The van der Waals surface area contributed by atoms with Gasteiger partial charge in [-0.3, -0.25) is 4.79 Å². The van der Waals surface area contributed by atoms with Crippen molar-refractivity contribution in [1.82, 2.24) is 19.3 Å². The lowest BCUT2D eigenvalue weighted by Gasteiger charge is -2.26. The first-order chi connectivity index (χ1) is 11.3. The molecule has 0 aliphatic carbocycles. The van der Waals surface area contributed by atoms with Gasteiger partial charge in [-0.15, -0.1) is 0 Å². The van der Waals surface area contributed by atoms with E-state index in [1.54, 1.807) is 6.20 Å². The quantitative estimate of drug-likeness (QED) is 0.687. The van der Waals surface area contributed by atoms with Gasteiger partial charge in [-0.05, 0) is 24.3 Å². The summed E-state index contributed by atoms with van der Waals surface area (Å²) >= 11 is 1.47. The van der Waals surface area contributed by atoms with Crippen LogP contribution in [0.1, 0.15) is 0 Å². The Morgan fingerprint density at radius 2 is 2.04 bits per heavy atom. The minimum Gasteiger partial charge on any atom is -0.378 e. The number of hydrogen-bond donors (Lipinski definition) is 0. The number of carbonyl (C=O) groups excluding carboxylic acids is 1. The minimum absolute atomic E-state index is 0.130. The van der Waals surface area contributed by atoms with Crippen LogP contribution >= 0.6 is 11.8 Å². The van der Waals surface area contributed by atoms with Crippen molar-refractivity contribution in [2.45, 2.75) is 5.03 Å². The molecule has 0 spiro atoms. The van der Waals surface area contributed by atoms with E-state index >= 15 is 0 Å². The monoisotopic (exact) mass is 328 g/mol. The zero-order valence-corrected chi connectivity index (χ0v) is 13.3. The van der Waals surface area contributed by atoms with Crippen LogP contribution in [0, 0.1) is 0 Å². The van der Waals surface area contributed by atoms with Crippen LogP contribution in [0.15, 0.2) is 41.7 Å². The Morgan fingerprint density at radius 1 is 1.22 bits per heavy atom. The maximum Gasteiger partial charge on any atom is 0.233 e. The highest BCUT2D eigenvalue weighted by molar-refractivity contribution is 8.00. The third-order valence-corrected chi connectivity index (χ3v) is 4.86. The molecule has 7 heteroatoms. The van der Waals surface area contributed by atoms with Crippen LogP contribution in [0.3, 0.4) is 0 Å². The molecule has 0 N–H and O–H groups in total. The molecule has 1 fully saturated rings. The second-order valence-corrected chi connectivity index (χ2v) is 6.27. The fourth-order valence-electron chi connectivity index (χ4n) is 2.72. The number of amides is 1. The first-order valence-corrected chi connectivity index (χ1v) is 8.51. The van der Waals surface area contributed by atoms with Crippen molar-refractivity contribution in [1.29, 1.82) is 0 Å². The highest BCUT2D eigenvalue weighted by Gasteiger charge is 2.18. The van der Waals surface area contributed by atoms with E-state index in [2.05, 4.69) is 14.4 Å². The number of hydrogen-bond acceptors (Lipinski definition) is 5. The number of nitrogens with zero attached hydrogens (tertiary/aromatic N) is 4. The van der Waals surface area contributed by atoms with Gasteiger partial charge in [-0.2, -0.15) is 0 Å². The normalized spacial score (nSPS) is 15.4. The zero-order chi connectivity index (χ0) is 15.6. The Morgan fingerprint density at radius 3 is 2.91 bits per heavy atom. The van der Waals surface area contributed by atoms with Gasteiger partial charge in [-0.1, -0.05) is 11.8 Å². The summed E-state index contributed by atoms with van der Waals surface area (Å²) < 4.78 is 7.35. The Bertz CT molecular complexity index is 858. The van der Waals surface area contributed by atoms with E-state index in [0.29, 0.717) is 37.7 Å². The second-order valence-electron chi connectivity index (χ2n) is 5.31. The molecule has 1 amide bonds. The first-order valence-electron chi connectivity index (χ1n) is 7.53. The number of thioether (sulfide) groups is 1. The van der Waals surface area contributed by atoms with Crippen LogP contribution in [0.5, 0.6) is 0 Å². The molecule has 23 heavy (non-hydrogen) atoms.